The van der Waals surface area contributed by atoms with Crippen molar-refractivity contribution in [2.75, 3.05) is 30.7 Å². The van der Waals surface area contributed by atoms with Crippen molar-refractivity contribution in [2.45, 2.75) is 20.5 Å². The first-order valence-electron chi connectivity index (χ1n) is 12.9. The summed E-state index contributed by atoms with van der Waals surface area (Å²) in [6.07, 6.45) is 4.67. The van der Waals surface area contributed by atoms with Gasteiger partial charge >= 0.3 is 0 Å². The number of aromatic nitrogens is 2. The number of hydroxylamine groups is 1. The van der Waals surface area contributed by atoms with Crippen LogP contribution in [0.2, 0.25) is 15.2 Å². The van der Waals surface area contributed by atoms with Crippen molar-refractivity contribution < 1.29 is 24.0 Å². The average Bonchev–Trinajstić information content (AvgIpc) is 3.28. The van der Waals surface area contributed by atoms with Gasteiger partial charge in [-0.05, 0) is 55.0 Å². The molecule has 0 radical (unpaired) electrons. The topological polar surface area (TPSA) is 105 Å². The van der Waals surface area contributed by atoms with E-state index in [4.69, 9.17) is 44.4 Å². The molecule has 4 aromatic rings. The predicted molar refractivity (Wildman–Crippen MR) is 175 cm³/mol. The molecular weight excluding hydrogens is 652 g/mol. The summed E-state index contributed by atoms with van der Waals surface area (Å²) >= 11 is 19.4. The first kappa shape index (κ1) is 34.7. The van der Waals surface area contributed by atoms with Crippen LogP contribution in [0.3, 0.4) is 0 Å². The van der Waals surface area contributed by atoms with Crippen LogP contribution >= 0.6 is 47.2 Å². The maximum atomic E-state index is 12.9. The van der Waals surface area contributed by atoms with E-state index in [0.29, 0.717) is 49.8 Å². The first-order chi connectivity index (χ1) is 20.5. The summed E-state index contributed by atoms with van der Waals surface area (Å²) in [5.74, 6) is -0.654. The predicted octanol–water partition coefficient (Wildman–Crippen LogP) is 6.31. The Kier molecular flexibility index (Phi) is 12.0. The Morgan fingerprint density at radius 2 is 1.77 bits per heavy atom. The Bertz CT molecular complexity index is 1710. The second-order valence-corrected chi connectivity index (χ2v) is 10.4. The van der Waals surface area contributed by atoms with Gasteiger partial charge in [0, 0.05) is 36.8 Å². The van der Waals surface area contributed by atoms with Crippen LogP contribution in [-0.4, -0.2) is 47.8 Å². The quantitative estimate of drug-likeness (QED) is 0.156. The lowest BCUT2D eigenvalue weighted by atomic mass is 10.2. The molecule has 0 aliphatic carbocycles. The molecule has 1 N–H and O–H groups in total. The van der Waals surface area contributed by atoms with Crippen molar-refractivity contribution in [3.05, 3.63) is 92.8 Å². The van der Waals surface area contributed by atoms with Gasteiger partial charge in [-0.3, -0.25) is 23.6 Å². The number of rotatable bonds is 10. The smallest absolute Gasteiger partial charge is 0.247 e. The van der Waals surface area contributed by atoms with Crippen molar-refractivity contribution in [2.24, 2.45) is 0 Å². The molecule has 14 heteroatoms. The van der Waals surface area contributed by atoms with Gasteiger partial charge in [0.25, 0.3) is 0 Å². The summed E-state index contributed by atoms with van der Waals surface area (Å²) in [5.41, 5.74) is 3.36. The molecule has 0 aliphatic heterocycles. The second-order valence-electron chi connectivity index (χ2n) is 9.29. The zero-order valence-corrected chi connectivity index (χ0v) is 27.2. The number of hydrogen-bond acceptors (Lipinski definition) is 6. The molecule has 10 nitrogen and oxygen atoms in total. The minimum atomic E-state index is -0.465. The number of anilines is 2. The molecule has 44 heavy (non-hydrogen) atoms. The summed E-state index contributed by atoms with van der Waals surface area (Å²) in [6.45, 7) is 2.93. The number of hydrogen-bond donors (Lipinski definition) is 1. The van der Waals surface area contributed by atoms with Crippen LogP contribution in [0, 0.1) is 6.92 Å². The monoisotopic (exact) mass is 679 g/mol. The van der Waals surface area contributed by atoms with Gasteiger partial charge in [-0.2, -0.15) is 5.06 Å². The highest BCUT2D eigenvalue weighted by Crippen LogP contribution is 2.35. The number of pyridine rings is 1. The zero-order valence-electron chi connectivity index (χ0n) is 24.1. The third-order valence-electron chi connectivity index (χ3n) is 6.43. The van der Waals surface area contributed by atoms with Gasteiger partial charge in [0.1, 0.15) is 11.8 Å². The van der Waals surface area contributed by atoms with Gasteiger partial charge in [-0.1, -0.05) is 46.9 Å². The van der Waals surface area contributed by atoms with E-state index in [0.717, 1.165) is 5.06 Å². The molecule has 0 saturated carbocycles. The number of fused-ring (bicyclic) bond motifs is 1. The van der Waals surface area contributed by atoms with Gasteiger partial charge in [0.05, 0.1) is 35.7 Å². The van der Waals surface area contributed by atoms with Gasteiger partial charge in [0.15, 0.2) is 11.4 Å². The van der Waals surface area contributed by atoms with Crippen LogP contribution in [0.15, 0.2) is 60.8 Å². The number of carbonyl (C=O) groups is 3. The molecule has 232 valence electrons. The lowest BCUT2D eigenvalue weighted by Crippen LogP contribution is -2.37. The standard InChI is InChI=1S/C30H28Cl3N5O5.ClH/c1-18-29(33)37-15-5-6-25(30(37)35-18)43-17-22-23(31)12-13-24(28(22)32)36(3)27(41)16-34-26(40)14-9-20-7-10-21(11-8-20)38(42-4)19(2)39;/h5-15H,16-17H2,1-4H3,(H,34,40);1H. The highest BCUT2D eigenvalue weighted by Gasteiger charge is 2.20. The number of nitrogens with zero attached hydrogens (tertiary/aromatic N) is 4. The van der Waals surface area contributed by atoms with Crippen LogP contribution in [0.1, 0.15) is 23.7 Å². The maximum absolute atomic E-state index is 12.9. The van der Waals surface area contributed by atoms with E-state index in [1.54, 1.807) is 79.2 Å². The number of carbonyl (C=O) groups excluding carboxylic acids is 3. The van der Waals surface area contributed by atoms with Crippen LogP contribution < -0.4 is 20.0 Å². The zero-order chi connectivity index (χ0) is 31.3. The third-order valence-corrected chi connectivity index (χ3v) is 7.66. The van der Waals surface area contributed by atoms with Crippen LogP contribution in [0.4, 0.5) is 11.4 Å². The molecule has 3 amide bonds. The van der Waals surface area contributed by atoms with E-state index in [1.165, 1.54) is 25.0 Å². The van der Waals surface area contributed by atoms with Gasteiger partial charge in [0.2, 0.25) is 17.7 Å². The molecule has 0 atom stereocenters. The molecule has 4 rings (SSSR count). The Labute approximate surface area is 275 Å². The Morgan fingerprint density at radius 3 is 2.43 bits per heavy atom. The highest BCUT2D eigenvalue weighted by molar-refractivity contribution is 6.38. The first-order valence-corrected chi connectivity index (χ1v) is 14.0. The normalized spacial score (nSPS) is 10.9. The minimum absolute atomic E-state index is 0. The minimum Gasteiger partial charge on any atom is -0.485 e. The third kappa shape index (κ3) is 7.82. The molecule has 2 aromatic heterocycles. The second kappa shape index (κ2) is 15.3. The number of aryl methyl sites for hydroxylation is 1. The van der Waals surface area contributed by atoms with Gasteiger partial charge in [-0.15, -0.1) is 12.4 Å². The number of likely N-dealkylation sites (N-methyl/N-ethyl adjacent to an activating group) is 1. The van der Waals surface area contributed by atoms with E-state index >= 15 is 0 Å². The lowest BCUT2D eigenvalue weighted by Gasteiger charge is -2.21. The van der Waals surface area contributed by atoms with Crippen LogP contribution in [0.5, 0.6) is 5.75 Å². The lowest BCUT2D eigenvalue weighted by molar-refractivity contribution is -0.122. The molecule has 0 aliphatic rings. The number of halogens is 4. The number of amides is 3. The fourth-order valence-electron chi connectivity index (χ4n) is 4.15. The van der Waals surface area contributed by atoms with Crippen molar-refractivity contribution in [1.82, 2.24) is 14.7 Å². The summed E-state index contributed by atoms with van der Waals surface area (Å²) in [5, 5.41) is 4.80. The Balaban J connectivity index is 0.00000529. The maximum Gasteiger partial charge on any atom is 0.247 e. The Morgan fingerprint density at radius 1 is 1.07 bits per heavy atom. The van der Waals surface area contributed by atoms with Crippen molar-refractivity contribution in [3.63, 3.8) is 0 Å². The summed E-state index contributed by atoms with van der Waals surface area (Å²) < 4.78 is 7.72. The molecular formula is C30H29Cl4N5O5. The molecule has 2 heterocycles. The van der Waals surface area contributed by atoms with E-state index in [9.17, 15) is 14.4 Å². The molecule has 2 aromatic carbocycles. The SMILES string of the molecule is CON(C(C)=O)c1ccc(C=CC(=O)NCC(=O)N(C)c2ccc(Cl)c(COc3cccn4c(Cl)c(C)nc34)c2Cl)cc1.Cl. The van der Waals surface area contributed by atoms with Crippen LogP contribution in [0.25, 0.3) is 11.7 Å². The van der Waals surface area contributed by atoms with Crippen molar-refractivity contribution >= 4 is 88.0 Å². The molecule has 0 saturated heterocycles. The van der Waals surface area contributed by atoms with E-state index < -0.39 is 11.8 Å². The van der Waals surface area contributed by atoms with E-state index in [1.807, 2.05) is 0 Å². The number of nitrogens with one attached hydrogen (secondary N) is 1. The van der Waals surface area contributed by atoms with E-state index in [-0.39, 0.29) is 36.5 Å². The molecule has 0 bridgehead atoms. The summed E-state index contributed by atoms with van der Waals surface area (Å²) in [4.78, 5) is 47.7. The summed E-state index contributed by atoms with van der Waals surface area (Å²) in [6, 6.07) is 13.6. The molecule has 0 fully saturated rings. The summed E-state index contributed by atoms with van der Waals surface area (Å²) in [7, 11) is 2.95. The van der Waals surface area contributed by atoms with Gasteiger partial charge in [-0.25, -0.2) is 4.98 Å². The van der Waals surface area contributed by atoms with Crippen molar-refractivity contribution in [1.29, 1.82) is 0 Å². The molecule has 0 spiro atoms. The van der Waals surface area contributed by atoms with Crippen LogP contribution in [-0.2, 0) is 25.8 Å². The number of benzene rings is 2. The van der Waals surface area contributed by atoms with Gasteiger partial charge < -0.3 is 15.0 Å². The van der Waals surface area contributed by atoms with E-state index in [2.05, 4.69) is 10.3 Å². The van der Waals surface area contributed by atoms with Crippen molar-refractivity contribution in [3.8, 4) is 5.75 Å². The number of imidazole rings is 1. The fraction of sp³-hybridized carbons (Fsp3) is 0.200. The molecule has 0 unspecified atom stereocenters. The largest absolute Gasteiger partial charge is 0.485 e. The average molecular weight is 681 g/mol. The fourth-order valence-corrected chi connectivity index (χ4v) is 4.93. The Hall–Kier alpha value is -3.80. The highest BCUT2D eigenvalue weighted by atomic mass is 35.5. The number of ether oxygens (including phenoxy) is 1.